The molecule has 0 saturated heterocycles. The summed E-state index contributed by atoms with van der Waals surface area (Å²) < 4.78 is 0. The molecule has 0 aromatic carbocycles. The molecule has 0 saturated carbocycles. The maximum atomic E-state index is 11.4. The van der Waals surface area contributed by atoms with Crippen LogP contribution < -0.4 is 21.7 Å². The predicted molar refractivity (Wildman–Crippen MR) is 72.2 cm³/mol. The van der Waals surface area contributed by atoms with Crippen molar-refractivity contribution in [1.82, 2.24) is 16.0 Å². The molecule has 0 aliphatic carbocycles. The van der Waals surface area contributed by atoms with E-state index in [2.05, 4.69) is 16.0 Å². The third-order valence-corrected chi connectivity index (χ3v) is 2.27. The molecule has 0 bridgehead atoms. The van der Waals surface area contributed by atoms with Crippen molar-refractivity contribution in [2.45, 2.75) is 25.7 Å². The van der Waals surface area contributed by atoms with Crippen molar-refractivity contribution in [2.75, 3.05) is 26.2 Å². The van der Waals surface area contributed by atoms with Crippen LogP contribution in [0.1, 0.15) is 25.7 Å². The van der Waals surface area contributed by atoms with Crippen molar-refractivity contribution in [1.29, 1.82) is 0 Å². The Labute approximate surface area is 117 Å². The smallest absolute Gasteiger partial charge is 0.221 e. The van der Waals surface area contributed by atoms with E-state index in [0.29, 0.717) is 0 Å². The van der Waals surface area contributed by atoms with Gasteiger partial charge >= 0.3 is 0 Å². The van der Waals surface area contributed by atoms with Crippen LogP contribution >= 0.6 is 0 Å². The topological polar surface area (TPSA) is 130 Å². The lowest BCUT2D eigenvalue weighted by Gasteiger charge is -2.06. The highest BCUT2D eigenvalue weighted by atomic mass is 16.2. The van der Waals surface area contributed by atoms with Crippen LogP contribution in [0.25, 0.3) is 0 Å². The zero-order valence-corrected chi connectivity index (χ0v) is 11.4. The lowest BCUT2D eigenvalue weighted by atomic mass is 10.3. The summed E-state index contributed by atoms with van der Waals surface area (Å²) >= 11 is 0. The van der Waals surface area contributed by atoms with Gasteiger partial charge in [0.15, 0.2) is 6.29 Å². The Morgan fingerprint density at radius 2 is 1.25 bits per heavy atom. The number of hydrogen-bond donors (Lipinski definition) is 4. The van der Waals surface area contributed by atoms with Crippen LogP contribution in [0.15, 0.2) is 0 Å². The van der Waals surface area contributed by atoms with Crippen LogP contribution in [0.5, 0.6) is 0 Å². The highest BCUT2D eigenvalue weighted by Crippen LogP contribution is 1.83. The van der Waals surface area contributed by atoms with E-state index >= 15 is 0 Å². The third kappa shape index (κ3) is 11.1. The first-order valence-electron chi connectivity index (χ1n) is 6.45. The Morgan fingerprint density at radius 1 is 0.800 bits per heavy atom. The largest absolute Gasteiger partial charge is 0.356 e. The van der Waals surface area contributed by atoms with Crippen LogP contribution in [0.2, 0.25) is 0 Å². The summed E-state index contributed by atoms with van der Waals surface area (Å²) in [4.78, 5) is 43.5. The molecule has 0 aliphatic heterocycles. The number of nitrogens with two attached hydrogens (primary N) is 1. The first-order valence-corrected chi connectivity index (χ1v) is 6.45. The summed E-state index contributed by atoms with van der Waals surface area (Å²) in [6, 6.07) is 0. The number of rotatable bonds is 11. The average Bonchev–Trinajstić information content (AvgIpc) is 2.39. The van der Waals surface area contributed by atoms with E-state index in [1.54, 1.807) is 6.29 Å². The van der Waals surface area contributed by atoms with Crippen molar-refractivity contribution in [2.24, 2.45) is 5.73 Å². The lowest BCUT2D eigenvalue weighted by Crippen LogP contribution is -2.34. The number of nitrogens with one attached hydrogen (secondary N) is 3. The Bertz CT molecular complexity index is 333. The van der Waals surface area contributed by atoms with Gasteiger partial charge in [0.05, 0.1) is 0 Å². The Morgan fingerprint density at radius 3 is 1.70 bits per heavy atom. The summed E-state index contributed by atoms with van der Waals surface area (Å²) in [6.07, 6.45) is 2.35. The molecule has 20 heavy (non-hydrogen) atoms. The van der Waals surface area contributed by atoms with Gasteiger partial charge in [0.1, 0.15) is 0 Å². The van der Waals surface area contributed by atoms with E-state index < -0.39 is 0 Å². The van der Waals surface area contributed by atoms with Gasteiger partial charge in [-0.2, -0.15) is 0 Å². The van der Waals surface area contributed by atoms with E-state index in [0.717, 1.165) is 0 Å². The molecule has 8 nitrogen and oxygen atoms in total. The maximum Gasteiger partial charge on any atom is 0.221 e. The van der Waals surface area contributed by atoms with E-state index in [1.807, 2.05) is 0 Å². The first kappa shape index (κ1) is 18.0. The van der Waals surface area contributed by atoms with Crippen molar-refractivity contribution in [3.05, 3.63) is 0 Å². The molecule has 1 radical (unpaired) electrons. The minimum atomic E-state index is -0.243. The van der Waals surface area contributed by atoms with Crippen LogP contribution in [-0.2, 0) is 19.2 Å². The summed E-state index contributed by atoms with van der Waals surface area (Å²) in [7, 11) is 0. The van der Waals surface area contributed by atoms with Gasteiger partial charge < -0.3 is 21.7 Å². The van der Waals surface area contributed by atoms with Crippen LogP contribution in [0.4, 0.5) is 0 Å². The first-order chi connectivity index (χ1) is 9.60. The lowest BCUT2D eigenvalue weighted by molar-refractivity contribution is -0.122. The molecular weight excluding hydrogens is 264 g/mol. The van der Waals surface area contributed by atoms with Crippen molar-refractivity contribution in [3.8, 4) is 0 Å². The second-order valence-electron chi connectivity index (χ2n) is 3.98. The number of carbonyl (C=O) groups is 3. The molecule has 0 rings (SSSR count). The van der Waals surface area contributed by atoms with Crippen molar-refractivity contribution in [3.63, 3.8) is 0 Å². The highest BCUT2D eigenvalue weighted by Gasteiger charge is 2.05. The van der Waals surface area contributed by atoms with Gasteiger partial charge in [0.25, 0.3) is 0 Å². The van der Waals surface area contributed by atoms with Crippen LogP contribution in [0, 0.1) is 0 Å². The summed E-state index contributed by atoms with van der Waals surface area (Å²) in [5, 5.41) is 7.62. The highest BCUT2D eigenvalue weighted by molar-refractivity contribution is 5.80. The number of amides is 3. The zero-order valence-electron chi connectivity index (χ0n) is 11.4. The molecular formula is C12H21N4O4. The van der Waals surface area contributed by atoms with Crippen molar-refractivity contribution < 1.29 is 19.2 Å². The molecule has 0 unspecified atom stereocenters. The summed E-state index contributed by atoms with van der Waals surface area (Å²) in [6.45, 7) is 0.983. The SMILES string of the molecule is NCCC(=O)NCCC(=O)NCCC(=O)NCC[C]=O. The molecule has 5 N–H and O–H groups in total. The Kier molecular flexibility index (Phi) is 10.9. The van der Waals surface area contributed by atoms with E-state index in [-0.39, 0.29) is 69.6 Å². The molecule has 0 aromatic rings. The van der Waals surface area contributed by atoms with Crippen molar-refractivity contribution >= 4 is 24.0 Å². The number of hydrogen-bond acceptors (Lipinski definition) is 5. The van der Waals surface area contributed by atoms with E-state index in [9.17, 15) is 19.2 Å². The fourth-order valence-corrected chi connectivity index (χ4v) is 1.28. The van der Waals surface area contributed by atoms with Gasteiger partial charge in [0, 0.05) is 51.9 Å². The quantitative estimate of drug-likeness (QED) is 0.325. The molecule has 8 heteroatoms. The van der Waals surface area contributed by atoms with E-state index in [1.165, 1.54) is 0 Å². The molecule has 3 amide bonds. The second-order valence-corrected chi connectivity index (χ2v) is 3.98. The standard InChI is InChI=1S/C12H21N4O4/c13-5-2-10(18)15-7-4-12(20)16-8-3-11(19)14-6-1-9-17/h1-8,13H2,(H,14,19)(H,15,18)(H,16,20). The minimum absolute atomic E-state index is 0.143. The molecule has 0 aromatic heterocycles. The maximum absolute atomic E-state index is 11.4. The molecule has 0 heterocycles. The monoisotopic (exact) mass is 285 g/mol. The Hall–Kier alpha value is -1.96. The molecule has 0 fully saturated rings. The second kappa shape index (κ2) is 12.1. The van der Waals surface area contributed by atoms with E-state index in [4.69, 9.17) is 5.73 Å². The third-order valence-electron chi connectivity index (χ3n) is 2.27. The average molecular weight is 285 g/mol. The van der Waals surface area contributed by atoms with Gasteiger partial charge in [0.2, 0.25) is 17.7 Å². The van der Waals surface area contributed by atoms with Crippen LogP contribution in [-0.4, -0.2) is 50.2 Å². The zero-order chi connectivity index (χ0) is 15.2. The molecule has 0 spiro atoms. The van der Waals surface area contributed by atoms with Gasteiger partial charge in [-0.15, -0.1) is 0 Å². The molecule has 113 valence electrons. The fourth-order valence-electron chi connectivity index (χ4n) is 1.28. The van der Waals surface area contributed by atoms with Crippen LogP contribution in [0.3, 0.4) is 0 Å². The fraction of sp³-hybridized carbons (Fsp3) is 0.667. The predicted octanol–water partition coefficient (Wildman–Crippen LogP) is -2.04. The Balaban J connectivity index is 3.51. The number of carbonyl (C=O) groups excluding carboxylic acids is 4. The van der Waals surface area contributed by atoms with Gasteiger partial charge in [-0.05, 0) is 0 Å². The van der Waals surface area contributed by atoms with Gasteiger partial charge in [-0.3, -0.25) is 19.2 Å². The summed E-state index contributed by atoms with van der Waals surface area (Å²) in [5.74, 6) is -0.671. The van der Waals surface area contributed by atoms with Gasteiger partial charge in [-0.25, -0.2) is 0 Å². The minimum Gasteiger partial charge on any atom is -0.356 e. The molecule has 0 atom stereocenters. The normalized spacial score (nSPS) is 9.65. The molecule has 0 aliphatic rings. The summed E-state index contributed by atoms with van der Waals surface area (Å²) in [5.41, 5.74) is 5.20. The van der Waals surface area contributed by atoms with Gasteiger partial charge in [-0.1, -0.05) is 0 Å².